The summed E-state index contributed by atoms with van der Waals surface area (Å²) >= 11 is 0. The molecule has 0 fully saturated rings. The van der Waals surface area contributed by atoms with Gasteiger partial charge in [-0.25, -0.2) is 12.8 Å². The Labute approximate surface area is 159 Å². The van der Waals surface area contributed by atoms with Gasteiger partial charge in [0.2, 0.25) is 15.9 Å². The predicted octanol–water partition coefficient (Wildman–Crippen LogP) is 3.50. The molecule has 3 rings (SSSR count). The first-order valence-corrected chi connectivity index (χ1v) is 10.2. The molecule has 0 saturated carbocycles. The van der Waals surface area contributed by atoms with Crippen molar-refractivity contribution in [3.8, 4) is 0 Å². The fraction of sp³-hybridized carbons (Fsp3) is 0.350. The zero-order valence-corrected chi connectivity index (χ0v) is 16.6. The topological polar surface area (TPSA) is 57.7 Å². The van der Waals surface area contributed by atoms with Crippen molar-refractivity contribution in [2.75, 3.05) is 11.9 Å². The van der Waals surface area contributed by atoms with Gasteiger partial charge >= 0.3 is 0 Å². The molecule has 27 heavy (non-hydrogen) atoms. The number of carbonyl (C=O) groups excluding carboxylic acids is 1. The molecule has 0 spiro atoms. The summed E-state index contributed by atoms with van der Waals surface area (Å²) in [6, 6.07) is 10.3. The molecule has 7 heteroatoms. The van der Waals surface area contributed by atoms with Crippen molar-refractivity contribution in [1.82, 2.24) is 4.31 Å². The molecule has 5 nitrogen and oxygen atoms in total. The van der Waals surface area contributed by atoms with E-state index in [1.54, 1.807) is 36.1 Å². The van der Waals surface area contributed by atoms with Crippen LogP contribution in [0, 0.1) is 5.82 Å². The zero-order chi connectivity index (χ0) is 19.9. The van der Waals surface area contributed by atoms with Crippen LogP contribution in [0.2, 0.25) is 0 Å². The Hall–Kier alpha value is -2.25. The number of carbonyl (C=O) groups is 1. The van der Waals surface area contributed by atoms with E-state index in [4.69, 9.17) is 0 Å². The molecule has 2 atom stereocenters. The number of benzene rings is 2. The molecule has 1 heterocycles. The Bertz CT molecular complexity index is 973. The number of amides is 1. The highest BCUT2D eigenvalue weighted by molar-refractivity contribution is 7.89. The van der Waals surface area contributed by atoms with Crippen LogP contribution in [0.3, 0.4) is 0 Å². The van der Waals surface area contributed by atoms with Crippen LogP contribution < -0.4 is 4.90 Å². The number of nitrogens with zero attached hydrogens (tertiary/aromatic N) is 2. The lowest BCUT2D eigenvalue weighted by Crippen LogP contribution is -2.33. The van der Waals surface area contributed by atoms with E-state index in [-0.39, 0.29) is 22.7 Å². The predicted molar refractivity (Wildman–Crippen MR) is 103 cm³/mol. The molecule has 0 aliphatic carbocycles. The first kappa shape index (κ1) is 19.5. The maximum Gasteiger partial charge on any atom is 0.243 e. The van der Waals surface area contributed by atoms with Crippen LogP contribution >= 0.6 is 0 Å². The molecular formula is C20H23FN2O3S. The number of rotatable bonds is 4. The summed E-state index contributed by atoms with van der Waals surface area (Å²) in [4.78, 5) is 13.7. The lowest BCUT2D eigenvalue weighted by Gasteiger charge is -2.25. The van der Waals surface area contributed by atoms with Crippen LogP contribution in [0.25, 0.3) is 0 Å². The molecule has 2 aromatic carbocycles. The minimum atomic E-state index is -3.74. The number of anilines is 1. The first-order chi connectivity index (χ1) is 12.6. The summed E-state index contributed by atoms with van der Waals surface area (Å²) in [6.07, 6.45) is 0.621. The van der Waals surface area contributed by atoms with Crippen molar-refractivity contribution < 1.29 is 17.6 Å². The van der Waals surface area contributed by atoms with Crippen molar-refractivity contribution in [3.63, 3.8) is 0 Å². The maximum absolute atomic E-state index is 13.1. The van der Waals surface area contributed by atoms with Crippen molar-refractivity contribution in [3.05, 3.63) is 59.4 Å². The van der Waals surface area contributed by atoms with Crippen molar-refractivity contribution in [1.29, 1.82) is 0 Å². The Morgan fingerprint density at radius 3 is 2.44 bits per heavy atom. The molecule has 0 saturated heterocycles. The zero-order valence-electron chi connectivity index (χ0n) is 15.8. The molecule has 0 aromatic heterocycles. The monoisotopic (exact) mass is 390 g/mol. The molecule has 0 bridgehead atoms. The minimum absolute atomic E-state index is 0.00585. The molecule has 0 radical (unpaired) electrons. The third-order valence-electron chi connectivity index (χ3n) is 5.18. The van der Waals surface area contributed by atoms with Gasteiger partial charge in [0, 0.05) is 31.7 Å². The van der Waals surface area contributed by atoms with E-state index in [0.717, 1.165) is 11.3 Å². The van der Waals surface area contributed by atoms with Gasteiger partial charge in [-0.15, -0.1) is 0 Å². The molecule has 0 N–H and O–H groups in total. The molecular weight excluding hydrogens is 367 g/mol. The SMILES string of the molecule is CC(=O)N1c2ccc(S(=O)(=O)N(C)C(C)c3ccc(F)cc3)cc2CC1C. The molecule has 2 aromatic rings. The van der Waals surface area contributed by atoms with E-state index >= 15 is 0 Å². The van der Waals surface area contributed by atoms with Gasteiger partial charge in [-0.1, -0.05) is 12.1 Å². The second kappa shape index (κ2) is 7.05. The van der Waals surface area contributed by atoms with Gasteiger partial charge in [0.25, 0.3) is 0 Å². The van der Waals surface area contributed by atoms with Crippen LogP contribution in [-0.2, 0) is 21.2 Å². The number of fused-ring (bicyclic) bond motifs is 1. The third kappa shape index (κ3) is 3.49. The number of halogens is 1. The minimum Gasteiger partial charge on any atom is -0.309 e. The summed E-state index contributed by atoms with van der Waals surface area (Å²) in [5.74, 6) is -0.418. The van der Waals surface area contributed by atoms with Crippen LogP contribution in [-0.4, -0.2) is 31.7 Å². The third-order valence-corrected chi connectivity index (χ3v) is 7.10. The Balaban J connectivity index is 1.92. The van der Waals surface area contributed by atoms with E-state index in [9.17, 15) is 17.6 Å². The summed E-state index contributed by atoms with van der Waals surface area (Å²) in [5, 5.41) is 0. The Kier molecular flexibility index (Phi) is 5.10. The normalized spacial score (nSPS) is 17.9. The summed E-state index contributed by atoms with van der Waals surface area (Å²) in [5.41, 5.74) is 2.32. The second-order valence-corrected chi connectivity index (χ2v) is 8.98. The van der Waals surface area contributed by atoms with Crippen LogP contribution in [0.4, 0.5) is 10.1 Å². The lowest BCUT2D eigenvalue weighted by molar-refractivity contribution is -0.116. The van der Waals surface area contributed by atoms with E-state index in [1.165, 1.54) is 36.5 Å². The molecule has 1 aliphatic rings. The lowest BCUT2D eigenvalue weighted by atomic mass is 10.1. The highest BCUT2D eigenvalue weighted by Gasteiger charge is 2.32. The Morgan fingerprint density at radius 2 is 1.85 bits per heavy atom. The molecule has 1 amide bonds. The molecule has 1 aliphatic heterocycles. The van der Waals surface area contributed by atoms with Crippen LogP contribution in [0.15, 0.2) is 47.4 Å². The quantitative estimate of drug-likeness (QED) is 0.803. The fourth-order valence-electron chi connectivity index (χ4n) is 3.57. The largest absolute Gasteiger partial charge is 0.309 e. The summed E-state index contributed by atoms with van der Waals surface area (Å²) in [7, 11) is -2.22. The fourth-order valence-corrected chi connectivity index (χ4v) is 4.98. The van der Waals surface area contributed by atoms with Crippen molar-refractivity contribution in [2.24, 2.45) is 0 Å². The van der Waals surface area contributed by atoms with E-state index in [0.29, 0.717) is 12.0 Å². The van der Waals surface area contributed by atoms with Gasteiger partial charge in [-0.05, 0) is 61.7 Å². The van der Waals surface area contributed by atoms with Gasteiger partial charge in [-0.2, -0.15) is 4.31 Å². The molecule has 2 unspecified atom stereocenters. The second-order valence-electron chi connectivity index (χ2n) is 6.98. The summed E-state index contributed by atoms with van der Waals surface area (Å²) < 4.78 is 40.6. The number of hydrogen-bond donors (Lipinski definition) is 0. The van der Waals surface area contributed by atoms with E-state index < -0.39 is 16.1 Å². The van der Waals surface area contributed by atoms with E-state index in [1.807, 2.05) is 6.92 Å². The van der Waals surface area contributed by atoms with Gasteiger partial charge in [0.1, 0.15) is 5.82 Å². The van der Waals surface area contributed by atoms with Crippen LogP contribution in [0.1, 0.15) is 37.9 Å². The number of hydrogen-bond acceptors (Lipinski definition) is 3. The van der Waals surface area contributed by atoms with Gasteiger partial charge in [-0.3, -0.25) is 4.79 Å². The van der Waals surface area contributed by atoms with Crippen molar-refractivity contribution in [2.45, 2.75) is 44.2 Å². The maximum atomic E-state index is 13.1. The highest BCUT2D eigenvalue weighted by atomic mass is 32.2. The van der Waals surface area contributed by atoms with Crippen molar-refractivity contribution >= 4 is 21.6 Å². The smallest absolute Gasteiger partial charge is 0.243 e. The average Bonchev–Trinajstić information content (AvgIpc) is 2.96. The van der Waals surface area contributed by atoms with Gasteiger partial charge in [0.05, 0.1) is 4.90 Å². The highest BCUT2D eigenvalue weighted by Crippen LogP contribution is 2.35. The number of sulfonamides is 1. The average molecular weight is 390 g/mol. The Morgan fingerprint density at radius 1 is 1.22 bits per heavy atom. The van der Waals surface area contributed by atoms with E-state index in [2.05, 4.69) is 0 Å². The summed E-state index contributed by atoms with van der Waals surface area (Å²) in [6.45, 7) is 5.21. The van der Waals surface area contributed by atoms with Gasteiger partial charge < -0.3 is 4.90 Å². The molecule has 144 valence electrons. The first-order valence-electron chi connectivity index (χ1n) is 8.79. The van der Waals surface area contributed by atoms with Gasteiger partial charge in [0.15, 0.2) is 0 Å². The standard InChI is InChI=1S/C20H23FN2O3S/c1-13-11-17-12-19(9-10-20(17)23(13)15(3)24)27(25,26)22(4)14(2)16-5-7-18(21)8-6-16/h5-10,12-14H,11H2,1-4H3. The van der Waals surface area contributed by atoms with Crippen LogP contribution in [0.5, 0.6) is 0 Å².